The second-order valence-electron chi connectivity index (χ2n) is 1.61. The molecular formula is C4H6AsNO3. The van der Waals surface area contributed by atoms with E-state index in [1.165, 1.54) is 18.5 Å². The molecule has 0 aliphatic rings. The summed E-state index contributed by atoms with van der Waals surface area (Å²) in [5, 5.41) is 0. The van der Waals surface area contributed by atoms with Crippen LogP contribution in [0.2, 0.25) is 0 Å². The van der Waals surface area contributed by atoms with E-state index in [9.17, 15) is 3.74 Å². The summed E-state index contributed by atoms with van der Waals surface area (Å²) in [5.74, 6) is 0. The summed E-state index contributed by atoms with van der Waals surface area (Å²) in [6, 6.07) is 1.38. The van der Waals surface area contributed by atoms with Crippen molar-refractivity contribution in [3.05, 3.63) is 18.5 Å². The van der Waals surface area contributed by atoms with Crippen molar-refractivity contribution in [1.29, 1.82) is 0 Å². The maximum absolute atomic E-state index is 10.4. The number of hydrogen-bond donors (Lipinski definition) is 3. The van der Waals surface area contributed by atoms with E-state index in [1.54, 1.807) is 0 Å². The van der Waals surface area contributed by atoms with Crippen LogP contribution in [0, 0.1) is 0 Å². The molecule has 0 aliphatic carbocycles. The predicted octanol–water partition coefficient (Wildman–Crippen LogP) is -1.42. The standard InChI is InChI=1S/C4H6AsNO3/c7-5(8,9)4-1-2-6-3-4/h1-3,6H,(H2,7,8,9). The molecule has 0 bridgehead atoms. The zero-order valence-corrected chi connectivity index (χ0v) is 6.36. The number of rotatable bonds is 1. The van der Waals surface area contributed by atoms with E-state index in [0.717, 1.165) is 0 Å². The van der Waals surface area contributed by atoms with Crippen LogP contribution in [0.4, 0.5) is 0 Å². The van der Waals surface area contributed by atoms with Gasteiger partial charge >= 0.3 is 53.9 Å². The molecule has 0 radical (unpaired) electrons. The van der Waals surface area contributed by atoms with E-state index in [2.05, 4.69) is 4.98 Å². The van der Waals surface area contributed by atoms with Gasteiger partial charge < -0.3 is 0 Å². The predicted molar refractivity (Wildman–Crippen MR) is 31.3 cm³/mol. The van der Waals surface area contributed by atoms with Gasteiger partial charge in [-0.3, -0.25) is 0 Å². The average Bonchev–Trinajstić information content (AvgIpc) is 2.08. The molecule has 4 nitrogen and oxygen atoms in total. The first-order valence-corrected chi connectivity index (χ1v) is 5.68. The van der Waals surface area contributed by atoms with Gasteiger partial charge in [-0.1, -0.05) is 0 Å². The molecular weight excluding hydrogens is 185 g/mol. The molecule has 0 amide bonds. The number of aromatic amines is 1. The summed E-state index contributed by atoms with van der Waals surface area (Å²) in [7, 11) is 0. The molecule has 0 fully saturated rings. The molecule has 0 saturated carbocycles. The third-order valence-corrected chi connectivity index (χ3v) is 2.91. The Kier molecular flexibility index (Phi) is 1.53. The summed E-state index contributed by atoms with van der Waals surface area (Å²) in [4.78, 5) is 2.56. The molecule has 1 heterocycles. The van der Waals surface area contributed by atoms with Gasteiger partial charge in [0.2, 0.25) is 0 Å². The molecule has 0 spiro atoms. The fraction of sp³-hybridized carbons (Fsp3) is 0. The fourth-order valence-electron chi connectivity index (χ4n) is 0.496. The van der Waals surface area contributed by atoms with Crippen LogP contribution in [-0.2, 0) is 3.74 Å². The van der Waals surface area contributed by atoms with Gasteiger partial charge in [0.1, 0.15) is 0 Å². The molecule has 5 heteroatoms. The van der Waals surface area contributed by atoms with Crippen LogP contribution < -0.4 is 4.35 Å². The van der Waals surface area contributed by atoms with Crippen molar-refractivity contribution >= 4 is 18.5 Å². The first-order chi connectivity index (χ1) is 4.11. The molecule has 1 aromatic heterocycles. The normalized spacial score (nSPS) is 11.8. The van der Waals surface area contributed by atoms with Gasteiger partial charge in [0.25, 0.3) is 0 Å². The Balaban J connectivity index is 3.04. The van der Waals surface area contributed by atoms with E-state index in [1.807, 2.05) is 0 Å². The summed E-state index contributed by atoms with van der Waals surface area (Å²) >= 11 is -4.57. The van der Waals surface area contributed by atoms with Gasteiger partial charge in [0, 0.05) is 0 Å². The van der Waals surface area contributed by atoms with Gasteiger partial charge in [-0.05, 0) is 0 Å². The van der Waals surface area contributed by atoms with Crippen molar-refractivity contribution in [3.8, 4) is 0 Å². The number of aromatic nitrogens is 1. The molecule has 0 saturated heterocycles. The third kappa shape index (κ3) is 1.48. The van der Waals surface area contributed by atoms with Crippen LogP contribution in [0.3, 0.4) is 0 Å². The van der Waals surface area contributed by atoms with Crippen LogP contribution in [0.5, 0.6) is 0 Å². The second kappa shape index (κ2) is 2.06. The number of nitrogens with one attached hydrogen (secondary N) is 1. The molecule has 50 valence electrons. The van der Waals surface area contributed by atoms with Gasteiger partial charge in [-0.15, -0.1) is 0 Å². The van der Waals surface area contributed by atoms with Gasteiger partial charge in [0.05, 0.1) is 0 Å². The third-order valence-electron chi connectivity index (χ3n) is 0.918. The van der Waals surface area contributed by atoms with Gasteiger partial charge in [-0.25, -0.2) is 0 Å². The van der Waals surface area contributed by atoms with Crippen molar-refractivity contribution < 1.29 is 11.9 Å². The van der Waals surface area contributed by atoms with E-state index in [4.69, 9.17) is 8.19 Å². The molecule has 0 atom stereocenters. The Bertz CT molecular complexity index is 224. The van der Waals surface area contributed by atoms with Crippen molar-refractivity contribution in [1.82, 2.24) is 4.98 Å². The van der Waals surface area contributed by atoms with Crippen LogP contribution in [-0.4, -0.2) is 27.3 Å². The maximum atomic E-state index is 10.4. The van der Waals surface area contributed by atoms with Gasteiger partial charge in [-0.2, -0.15) is 0 Å². The molecule has 0 aliphatic heterocycles. The van der Waals surface area contributed by atoms with Crippen LogP contribution in [0.25, 0.3) is 0 Å². The molecule has 1 rings (SSSR count). The first-order valence-electron chi connectivity index (χ1n) is 2.29. The monoisotopic (exact) mass is 191 g/mol. The van der Waals surface area contributed by atoms with Crippen LogP contribution >= 0.6 is 0 Å². The number of hydrogen-bond acceptors (Lipinski definition) is 1. The van der Waals surface area contributed by atoms with E-state index in [0.29, 0.717) is 0 Å². The minimum absolute atomic E-state index is 0.0909. The first kappa shape index (κ1) is 6.68. The van der Waals surface area contributed by atoms with Crippen LogP contribution in [0.1, 0.15) is 0 Å². The summed E-state index contributed by atoms with van der Waals surface area (Å²) in [5.41, 5.74) is 0. The Morgan fingerprint density at radius 2 is 2.22 bits per heavy atom. The molecule has 1 aromatic rings. The van der Waals surface area contributed by atoms with Crippen molar-refractivity contribution in [2.45, 2.75) is 0 Å². The molecule has 3 N–H and O–H groups in total. The Labute approximate surface area is 54.5 Å². The van der Waals surface area contributed by atoms with Crippen molar-refractivity contribution in [3.63, 3.8) is 0 Å². The van der Waals surface area contributed by atoms with E-state index in [-0.39, 0.29) is 4.35 Å². The summed E-state index contributed by atoms with van der Waals surface area (Å²) in [6.45, 7) is 0. The topological polar surface area (TPSA) is 73.3 Å². The zero-order chi connectivity index (χ0) is 6.91. The average molecular weight is 191 g/mol. The quantitative estimate of drug-likeness (QED) is 0.476. The van der Waals surface area contributed by atoms with E-state index >= 15 is 0 Å². The fourth-order valence-corrected chi connectivity index (χ4v) is 1.57. The second-order valence-corrected chi connectivity index (χ2v) is 4.98. The SMILES string of the molecule is O=[As](O)(O)c1cc[nH]c1. The van der Waals surface area contributed by atoms with Crippen LogP contribution in [0.15, 0.2) is 18.5 Å². The summed E-state index contributed by atoms with van der Waals surface area (Å²) in [6.07, 6.45) is 2.79. The van der Waals surface area contributed by atoms with Crippen molar-refractivity contribution in [2.24, 2.45) is 0 Å². The minimum atomic E-state index is -4.57. The number of H-pyrrole nitrogens is 1. The Hall–Kier alpha value is -0.442. The van der Waals surface area contributed by atoms with Gasteiger partial charge in [0.15, 0.2) is 0 Å². The van der Waals surface area contributed by atoms with E-state index < -0.39 is 14.2 Å². The zero-order valence-electron chi connectivity index (χ0n) is 4.48. The molecule has 0 unspecified atom stereocenters. The van der Waals surface area contributed by atoms with Crippen molar-refractivity contribution in [2.75, 3.05) is 0 Å². The Morgan fingerprint density at radius 3 is 2.44 bits per heavy atom. The molecule has 0 aromatic carbocycles. The summed E-state index contributed by atoms with van der Waals surface area (Å²) < 4.78 is 27.6. The Morgan fingerprint density at radius 1 is 1.56 bits per heavy atom. The molecule has 9 heavy (non-hydrogen) atoms.